The summed E-state index contributed by atoms with van der Waals surface area (Å²) in [6, 6.07) is 8.28. The Kier molecular flexibility index (Phi) is 4.49. The Morgan fingerprint density at radius 3 is 2.14 bits per heavy atom. The number of ether oxygens (including phenoxy) is 1. The van der Waals surface area contributed by atoms with Crippen molar-refractivity contribution in [2.24, 2.45) is 10.2 Å². The number of methoxy groups -OCH3 is 1. The lowest BCUT2D eigenvalue weighted by atomic mass is 10.1. The summed E-state index contributed by atoms with van der Waals surface area (Å²) in [5.74, 6) is 0.598. The lowest BCUT2D eigenvalue weighted by Crippen LogP contribution is -2.03. The molecule has 6 heteroatoms. The maximum atomic E-state index is 12.5. The molecule has 0 bridgehead atoms. The number of hydrogen-bond acceptors (Lipinski definition) is 3. The van der Waals surface area contributed by atoms with Crippen LogP contribution in [-0.4, -0.2) is 7.11 Å². The molecule has 0 N–H and O–H groups in total. The number of hydrogen-bond donors (Lipinski definition) is 0. The highest BCUT2D eigenvalue weighted by Crippen LogP contribution is 2.34. The van der Waals surface area contributed by atoms with Crippen LogP contribution in [0.1, 0.15) is 16.7 Å². The van der Waals surface area contributed by atoms with Crippen molar-refractivity contribution in [1.82, 2.24) is 0 Å². The number of benzene rings is 2. The zero-order valence-electron chi connectivity index (χ0n) is 12.4. The third kappa shape index (κ3) is 3.63. The molecule has 116 valence electrons. The number of nitrogens with zero attached hydrogens (tertiary/aromatic N) is 2. The number of rotatable bonds is 3. The molecule has 0 aliphatic carbocycles. The van der Waals surface area contributed by atoms with E-state index in [0.717, 1.165) is 23.3 Å². The van der Waals surface area contributed by atoms with Gasteiger partial charge >= 0.3 is 6.18 Å². The molecule has 0 radical (unpaired) electrons. The molecule has 2 aromatic carbocycles. The molecular weight excluding hydrogens is 293 g/mol. The molecule has 0 aliphatic rings. The first-order valence-electron chi connectivity index (χ1n) is 6.55. The van der Waals surface area contributed by atoms with Gasteiger partial charge in [-0.1, -0.05) is 6.07 Å². The zero-order chi connectivity index (χ0) is 16.3. The monoisotopic (exact) mass is 308 g/mol. The van der Waals surface area contributed by atoms with E-state index in [9.17, 15) is 13.2 Å². The molecule has 0 fully saturated rings. The van der Waals surface area contributed by atoms with Crippen molar-refractivity contribution in [2.45, 2.75) is 20.0 Å². The van der Waals surface area contributed by atoms with Gasteiger partial charge in [-0.25, -0.2) is 0 Å². The summed E-state index contributed by atoms with van der Waals surface area (Å²) in [5, 5.41) is 8.05. The Bertz CT molecular complexity index is 692. The Morgan fingerprint density at radius 1 is 0.955 bits per heavy atom. The summed E-state index contributed by atoms with van der Waals surface area (Å²) in [4.78, 5) is 0. The molecule has 2 rings (SSSR count). The van der Waals surface area contributed by atoms with Crippen LogP contribution >= 0.6 is 0 Å². The van der Waals surface area contributed by atoms with E-state index in [0.29, 0.717) is 17.1 Å². The fourth-order valence-electron chi connectivity index (χ4n) is 2.10. The molecular formula is C16H15F3N2O. The summed E-state index contributed by atoms with van der Waals surface area (Å²) in [6.45, 7) is 3.81. The molecule has 2 aromatic rings. The number of azo groups is 1. The van der Waals surface area contributed by atoms with Gasteiger partial charge in [0.1, 0.15) is 11.4 Å². The van der Waals surface area contributed by atoms with Gasteiger partial charge in [-0.3, -0.25) is 0 Å². The molecule has 0 spiro atoms. The molecule has 0 atom stereocenters. The summed E-state index contributed by atoms with van der Waals surface area (Å²) in [7, 11) is 1.54. The van der Waals surface area contributed by atoms with Crippen LogP contribution in [0.25, 0.3) is 0 Å². The van der Waals surface area contributed by atoms with Crippen LogP contribution in [0.2, 0.25) is 0 Å². The minimum absolute atomic E-state index is 0.342. The molecule has 0 saturated heterocycles. The first kappa shape index (κ1) is 16.0. The second kappa shape index (κ2) is 6.17. The van der Waals surface area contributed by atoms with E-state index in [4.69, 9.17) is 4.74 Å². The Labute approximate surface area is 126 Å². The van der Waals surface area contributed by atoms with Crippen molar-refractivity contribution in [3.05, 3.63) is 53.1 Å². The highest BCUT2D eigenvalue weighted by atomic mass is 19.4. The van der Waals surface area contributed by atoms with Gasteiger partial charge in [0.2, 0.25) is 0 Å². The second-order valence-corrected chi connectivity index (χ2v) is 4.88. The van der Waals surface area contributed by atoms with Gasteiger partial charge in [0.25, 0.3) is 0 Å². The number of halogens is 3. The normalized spacial score (nSPS) is 11.9. The van der Waals surface area contributed by atoms with Crippen LogP contribution in [-0.2, 0) is 6.18 Å². The predicted octanol–water partition coefficient (Wildman–Crippen LogP) is 5.75. The molecule has 22 heavy (non-hydrogen) atoms. The first-order valence-corrected chi connectivity index (χ1v) is 6.55. The highest BCUT2D eigenvalue weighted by Gasteiger charge is 2.29. The van der Waals surface area contributed by atoms with E-state index < -0.39 is 11.7 Å². The van der Waals surface area contributed by atoms with Crippen LogP contribution in [0.3, 0.4) is 0 Å². The van der Waals surface area contributed by atoms with Gasteiger partial charge in [0, 0.05) is 0 Å². The first-order chi connectivity index (χ1) is 10.3. The summed E-state index contributed by atoms with van der Waals surface area (Å²) in [5.41, 5.74) is 2.09. The SMILES string of the molecule is COc1c(C)cc(C)cc1N=Nc1ccc(C(F)(F)F)cc1. The average molecular weight is 308 g/mol. The third-order valence-electron chi connectivity index (χ3n) is 3.07. The van der Waals surface area contributed by atoms with Crippen molar-refractivity contribution in [2.75, 3.05) is 7.11 Å². The fourth-order valence-corrected chi connectivity index (χ4v) is 2.10. The average Bonchev–Trinajstić information content (AvgIpc) is 2.44. The number of alkyl halides is 3. The van der Waals surface area contributed by atoms with E-state index >= 15 is 0 Å². The lowest BCUT2D eigenvalue weighted by molar-refractivity contribution is -0.137. The Hall–Kier alpha value is -2.37. The topological polar surface area (TPSA) is 34.0 Å². The molecule has 0 amide bonds. The van der Waals surface area contributed by atoms with Crippen molar-refractivity contribution in [3.8, 4) is 5.75 Å². The maximum Gasteiger partial charge on any atom is 0.416 e. The highest BCUT2D eigenvalue weighted by molar-refractivity contribution is 5.57. The van der Waals surface area contributed by atoms with Crippen LogP contribution < -0.4 is 4.74 Å². The molecule has 3 nitrogen and oxygen atoms in total. The standard InChI is InChI=1S/C16H15F3N2O/c1-10-8-11(2)15(22-3)14(9-10)21-20-13-6-4-12(5-7-13)16(17,18)19/h4-9H,1-3H3. The maximum absolute atomic E-state index is 12.5. The van der Waals surface area contributed by atoms with Crippen LogP contribution in [0.4, 0.5) is 24.5 Å². The molecule has 0 aromatic heterocycles. The quantitative estimate of drug-likeness (QED) is 0.665. The van der Waals surface area contributed by atoms with Gasteiger partial charge < -0.3 is 4.74 Å². The van der Waals surface area contributed by atoms with Gasteiger partial charge in [-0.15, -0.1) is 5.11 Å². The summed E-state index contributed by atoms with van der Waals surface area (Å²) in [6.07, 6.45) is -4.35. The van der Waals surface area contributed by atoms with E-state index in [1.165, 1.54) is 19.2 Å². The number of aryl methyl sites for hydroxylation is 2. The van der Waals surface area contributed by atoms with Crippen molar-refractivity contribution in [3.63, 3.8) is 0 Å². The Morgan fingerprint density at radius 2 is 1.59 bits per heavy atom. The molecule has 0 saturated carbocycles. The van der Waals surface area contributed by atoms with Crippen LogP contribution in [0, 0.1) is 13.8 Å². The van der Waals surface area contributed by atoms with Gasteiger partial charge in [0.05, 0.1) is 18.4 Å². The minimum atomic E-state index is -4.35. The molecule has 0 aliphatic heterocycles. The van der Waals surface area contributed by atoms with Crippen molar-refractivity contribution < 1.29 is 17.9 Å². The van der Waals surface area contributed by atoms with E-state index in [2.05, 4.69) is 10.2 Å². The fraction of sp³-hybridized carbons (Fsp3) is 0.250. The predicted molar refractivity (Wildman–Crippen MR) is 78.1 cm³/mol. The van der Waals surface area contributed by atoms with Crippen LogP contribution in [0.5, 0.6) is 5.75 Å². The third-order valence-corrected chi connectivity index (χ3v) is 3.07. The van der Waals surface area contributed by atoms with Crippen LogP contribution in [0.15, 0.2) is 46.6 Å². The van der Waals surface area contributed by atoms with Gasteiger partial charge in [-0.05, 0) is 55.3 Å². The smallest absolute Gasteiger partial charge is 0.416 e. The largest absolute Gasteiger partial charge is 0.494 e. The zero-order valence-corrected chi connectivity index (χ0v) is 12.4. The van der Waals surface area contributed by atoms with Gasteiger partial charge in [0.15, 0.2) is 0 Å². The molecule has 0 heterocycles. The van der Waals surface area contributed by atoms with Crippen molar-refractivity contribution in [1.29, 1.82) is 0 Å². The van der Waals surface area contributed by atoms with Crippen molar-refractivity contribution >= 4 is 11.4 Å². The Balaban J connectivity index is 2.29. The van der Waals surface area contributed by atoms with E-state index in [1.807, 2.05) is 19.9 Å². The summed E-state index contributed by atoms with van der Waals surface area (Å²) < 4.78 is 42.7. The second-order valence-electron chi connectivity index (χ2n) is 4.88. The minimum Gasteiger partial charge on any atom is -0.494 e. The van der Waals surface area contributed by atoms with E-state index in [1.54, 1.807) is 6.07 Å². The van der Waals surface area contributed by atoms with Gasteiger partial charge in [-0.2, -0.15) is 18.3 Å². The summed E-state index contributed by atoms with van der Waals surface area (Å²) >= 11 is 0. The lowest BCUT2D eigenvalue weighted by Gasteiger charge is -2.08. The van der Waals surface area contributed by atoms with E-state index in [-0.39, 0.29) is 0 Å². The molecule has 0 unspecified atom stereocenters.